The van der Waals surface area contributed by atoms with Gasteiger partial charge in [-0.2, -0.15) is 0 Å². The van der Waals surface area contributed by atoms with Crippen molar-refractivity contribution in [3.05, 3.63) is 12.2 Å². The molecule has 2 atom stereocenters. The summed E-state index contributed by atoms with van der Waals surface area (Å²) in [6.45, 7) is 4.81. The first-order valence-electron chi connectivity index (χ1n) is 21.0. The predicted molar refractivity (Wildman–Crippen MR) is 204 cm³/mol. The Morgan fingerprint density at radius 1 is 0.562 bits per heavy atom. The molecule has 0 radical (unpaired) electrons. The predicted octanol–water partition coefficient (Wildman–Crippen LogP) is 11.4. The van der Waals surface area contributed by atoms with Crippen LogP contribution in [-0.2, 0) is 14.3 Å². The van der Waals surface area contributed by atoms with Crippen LogP contribution >= 0.6 is 0 Å². The quantitative estimate of drug-likeness (QED) is 0.0343. The molecule has 0 rings (SSSR count). The summed E-state index contributed by atoms with van der Waals surface area (Å²) in [4.78, 5) is 24.3. The number of nitrogens with one attached hydrogen (secondary N) is 1. The first kappa shape index (κ1) is 46.6. The van der Waals surface area contributed by atoms with Crippen LogP contribution in [-0.4, -0.2) is 47.4 Å². The van der Waals surface area contributed by atoms with Gasteiger partial charge in [0.1, 0.15) is 0 Å². The number of unbranched alkanes of at least 4 members (excludes halogenated alkanes) is 27. The lowest BCUT2D eigenvalue weighted by molar-refractivity contribution is -0.143. The van der Waals surface area contributed by atoms with Crippen molar-refractivity contribution < 1.29 is 24.5 Å². The normalized spacial score (nSPS) is 12.8. The van der Waals surface area contributed by atoms with E-state index >= 15 is 0 Å². The second kappa shape index (κ2) is 38.4. The zero-order valence-corrected chi connectivity index (χ0v) is 32.0. The molecule has 284 valence electrons. The van der Waals surface area contributed by atoms with Gasteiger partial charge in [0.15, 0.2) is 0 Å². The van der Waals surface area contributed by atoms with E-state index in [2.05, 4.69) is 19.2 Å². The van der Waals surface area contributed by atoms with E-state index in [1.807, 2.05) is 6.08 Å². The summed E-state index contributed by atoms with van der Waals surface area (Å²) in [7, 11) is 0. The maximum Gasteiger partial charge on any atom is 0.305 e. The number of carbonyl (C=O) groups is 2. The summed E-state index contributed by atoms with van der Waals surface area (Å²) in [6.07, 6.45) is 40.4. The zero-order chi connectivity index (χ0) is 35.2. The molecule has 48 heavy (non-hydrogen) atoms. The van der Waals surface area contributed by atoms with Gasteiger partial charge in [0.2, 0.25) is 5.91 Å². The summed E-state index contributed by atoms with van der Waals surface area (Å²) in [5.41, 5.74) is 0. The molecule has 0 aliphatic carbocycles. The number of aliphatic hydroxyl groups is 2. The molecule has 0 fully saturated rings. The number of ether oxygens (including phenoxy) is 1. The highest BCUT2D eigenvalue weighted by Crippen LogP contribution is 2.14. The van der Waals surface area contributed by atoms with Crippen LogP contribution in [0.3, 0.4) is 0 Å². The van der Waals surface area contributed by atoms with Crippen molar-refractivity contribution >= 4 is 11.9 Å². The lowest BCUT2D eigenvalue weighted by Crippen LogP contribution is -2.45. The van der Waals surface area contributed by atoms with Gasteiger partial charge in [-0.1, -0.05) is 187 Å². The van der Waals surface area contributed by atoms with Gasteiger partial charge in [-0.05, 0) is 32.1 Å². The minimum absolute atomic E-state index is 0.0223. The van der Waals surface area contributed by atoms with Gasteiger partial charge in [0.05, 0.1) is 25.4 Å². The number of rotatable bonds is 38. The second-order valence-corrected chi connectivity index (χ2v) is 14.3. The topological polar surface area (TPSA) is 95.9 Å². The fourth-order valence-electron chi connectivity index (χ4n) is 6.28. The third-order valence-electron chi connectivity index (χ3n) is 9.56. The number of amides is 1. The van der Waals surface area contributed by atoms with E-state index in [0.717, 1.165) is 57.8 Å². The van der Waals surface area contributed by atoms with Crippen molar-refractivity contribution in [1.82, 2.24) is 5.32 Å². The number of hydrogen-bond donors (Lipinski definition) is 3. The monoisotopic (exact) mass is 680 g/mol. The molecule has 0 saturated carbocycles. The highest BCUT2D eigenvalue weighted by molar-refractivity contribution is 5.76. The Kier molecular flexibility index (Phi) is 37.3. The molecule has 0 aliphatic heterocycles. The zero-order valence-electron chi connectivity index (χ0n) is 32.0. The molecule has 3 N–H and O–H groups in total. The number of hydrogen-bond acceptors (Lipinski definition) is 5. The molecule has 1 amide bonds. The van der Waals surface area contributed by atoms with Crippen molar-refractivity contribution in [2.24, 2.45) is 0 Å². The molecule has 0 spiro atoms. The van der Waals surface area contributed by atoms with E-state index in [0.29, 0.717) is 19.4 Å². The third kappa shape index (κ3) is 34.5. The molecule has 0 aromatic heterocycles. The average Bonchev–Trinajstić information content (AvgIpc) is 3.08. The van der Waals surface area contributed by atoms with Gasteiger partial charge in [0.25, 0.3) is 0 Å². The summed E-state index contributed by atoms with van der Waals surface area (Å²) in [5.74, 6) is -0.115. The molecule has 0 saturated heterocycles. The largest absolute Gasteiger partial charge is 0.466 e. The van der Waals surface area contributed by atoms with Gasteiger partial charge < -0.3 is 20.3 Å². The Balaban J connectivity index is 3.52. The fraction of sp³-hybridized carbons (Fsp3) is 0.905. The molecule has 0 heterocycles. The summed E-state index contributed by atoms with van der Waals surface area (Å²) in [5, 5.41) is 22.8. The van der Waals surface area contributed by atoms with Crippen LogP contribution < -0.4 is 5.32 Å². The molecule has 6 nitrogen and oxygen atoms in total. The minimum atomic E-state index is -0.855. The van der Waals surface area contributed by atoms with Gasteiger partial charge in [-0.15, -0.1) is 0 Å². The first-order chi connectivity index (χ1) is 23.5. The number of allylic oxidation sites excluding steroid dienone is 1. The van der Waals surface area contributed by atoms with Crippen LogP contribution in [0.25, 0.3) is 0 Å². The van der Waals surface area contributed by atoms with E-state index < -0.39 is 12.1 Å². The molecule has 0 aliphatic rings. The van der Waals surface area contributed by atoms with Gasteiger partial charge in [-0.25, -0.2) is 0 Å². The third-order valence-corrected chi connectivity index (χ3v) is 9.56. The van der Waals surface area contributed by atoms with Crippen LogP contribution in [0.4, 0.5) is 0 Å². The molecule has 0 aromatic carbocycles. The average molecular weight is 680 g/mol. The van der Waals surface area contributed by atoms with E-state index in [1.165, 1.54) is 135 Å². The van der Waals surface area contributed by atoms with Crippen LogP contribution in [0.1, 0.15) is 219 Å². The van der Waals surface area contributed by atoms with E-state index in [-0.39, 0.29) is 18.5 Å². The second-order valence-electron chi connectivity index (χ2n) is 14.3. The van der Waals surface area contributed by atoms with Crippen molar-refractivity contribution in [2.45, 2.75) is 231 Å². The van der Waals surface area contributed by atoms with E-state index in [9.17, 15) is 19.8 Å². The fourth-order valence-corrected chi connectivity index (χ4v) is 6.28. The van der Waals surface area contributed by atoms with Crippen LogP contribution in [0.5, 0.6) is 0 Å². The molecular weight excluding hydrogens is 598 g/mol. The molecule has 6 heteroatoms. The van der Waals surface area contributed by atoms with E-state index in [4.69, 9.17) is 4.74 Å². The number of aliphatic hydroxyl groups excluding tert-OH is 2. The Bertz CT molecular complexity index is 712. The minimum Gasteiger partial charge on any atom is -0.466 e. The van der Waals surface area contributed by atoms with Crippen LogP contribution in [0.15, 0.2) is 12.2 Å². The standard InChI is InChI=1S/C42H81NO5/c1-3-5-7-9-11-13-15-20-24-28-32-36-42(47)48-37-33-29-25-21-17-16-19-23-27-31-35-41(46)43-39(38-44)40(45)34-30-26-22-18-14-12-10-8-6-4-2/h30,34,39-40,44-45H,3-29,31-33,35-38H2,1-2H3,(H,43,46)/b34-30+. The van der Waals surface area contributed by atoms with Crippen molar-refractivity contribution in [1.29, 1.82) is 0 Å². The van der Waals surface area contributed by atoms with Crippen LogP contribution in [0.2, 0.25) is 0 Å². The maximum atomic E-state index is 12.3. The summed E-state index contributed by atoms with van der Waals surface area (Å²) >= 11 is 0. The Morgan fingerprint density at radius 3 is 1.42 bits per heavy atom. The smallest absolute Gasteiger partial charge is 0.305 e. The van der Waals surface area contributed by atoms with Crippen molar-refractivity contribution in [2.75, 3.05) is 13.2 Å². The molecule has 2 unspecified atom stereocenters. The van der Waals surface area contributed by atoms with Gasteiger partial charge in [0, 0.05) is 12.8 Å². The van der Waals surface area contributed by atoms with Gasteiger partial charge in [-0.3, -0.25) is 9.59 Å². The SMILES string of the molecule is CCCCCCCCCC/C=C/C(O)C(CO)NC(=O)CCCCCCCCCCCCOC(=O)CCCCCCCCCCCCC. The Labute approximate surface area is 298 Å². The number of carbonyl (C=O) groups excluding carboxylic acids is 2. The Morgan fingerprint density at radius 2 is 0.958 bits per heavy atom. The summed E-state index contributed by atoms with van der Waals surface area (Å²) < 4.78 is 5.42. The van der Waals surface area contributed by atoms with Crippen molar-refractivity contribution in [3.8, 4) is 0 Å². The summed E-state index contributed by atoms with van der Waals surface area (Å²) in [6, 6.07) is -0.640. The highest BCUT2D eigenvalue weighted by atomic mass is 16.5. The molecule has 0 bridgehead atoms. The molecule has 0 aromatic rings. The van der Waals surface area contributed by atoms with Crippen molar-refractivity contribution in [3.63, 3.8) is 0 Å². The van der Waals surface area contributed by atoms with Crippen LogP contribution in [0, 0.1) is 0 Å². The van der Waals surface area contributed by atoms with Gasteiger partial charge >= 0.3 is 5.97 Å². The maximum absolute atomic E-state index is 12.3. The lowest BCUT2D eigenvalue weighted by atomic mass is 10.1. The molecular formula is C42H81NO5. The Hall–Kier alpha value is -1.40. The van der Waals surface area contributed by atoms with E-state index in [1.54, 1.807) is 6.08 Å². The first-order valence-corrected chi connectivity index (χ1v) is 21.0. The lowest BCUT2D eigenvalue weighted by Gasteiger charge is -2.20. The number of esters is 1. The highest BCUT2D eigenvalue weighted by Gasteiger charge is 2.18.